The Morgan fingerprint density at radius 3 is 2.56 bits per heavy atom. The number of cyclic esters (lactones) is 1. The number of esters is 2. The average molecular weight is 372 g/mol. The minimum atomic E-state index is -0.857. The van der Waals surface area contributed by atoms with E-state index in [4.69, 9.17) is 9.47 Å². The Hall–Kier alpha value is -2.70. The van der Waals surface area contributed by atoms with Crippen LogP contribution in [0, 0.1) is 0 Å². The monoisotopic (exact) mass is 372 g/mol. The van der Waals surface area contributed by atoms with Gasteiger partial charge in [0, 0.05) is 32.3 Å². The number of benzene rings is 1. The molecule has 1 aromatic rings. The van der Waals surface area contributed by atoms with Crippen LogP contribution in [0.4, 0.5) is 0 Å². The lowest BCUT2D eigenvalue weighted by atomic mass is 10.0. The fraction of sp³-hybridized carbons (Fsp3) is 0.333. The van der Waals surface area contributed by atoms with Crippen LogP contribution in [-0.2, 0) is 19.1 Å². The first kappa shape index (κ1) is 20.6. The summed E-state index contributed by atoms with van der Waals surface area (Å²) in [6, 6.07) is 9.53. The Balaban J connectivity index is 1.85. The molecule has 6 heteroatoms. The van der Waals surface area contributed by atoms with E-state index in [0.717, 1.165) is 5.56 Å². The summed E-state index contributed by atoms with van der Waals surface area (Å²) in [5, 5.41) is 20.3. The smallest absolute Gasteiger partial charge is 0.336 e. The molecular weight excluding hydrogens is 348 g/mol. The molecule has 0 unspecified atom stereocenters. The second kappa shape index (κ2) is 10.4. The van der Waals surface area contributed by atoms with Crippen LogP contribution in [0.5, 0.6) is 0 Å². The fourth-order valence-corrected chi connectivity index (χ4v) is 2.66. The Bertz CT molecular complexity index is 719. The van der Waals surface area contributed by atoms with Gasteiger partial charge in [-0.2, -0.15) is 0 Å². The predicted molar refractivity (Wildman–Crippen MR) is 100 cm³/mol. The van der Waals surface area contributed by atoms with Crippen molar-refractivity contribution in [2.24, 2.45) is 0 Å². The predicted octanol–water partition coefficient (Wildman–Crippen LogP) is 2.52. The second-order valence-electron chi connectivity index (χ2n) is 6.29. The molecule has 3 atom stereocenters. The lowest BCUT2D eigenvalue weighted by Crippen LogP contribution is -2.25. The molecule has 2 rings (SSSR count). The average Bonchev–Trinajstić information content (AvgIpc) is 3.03. The highest BCUT2D eigenvalue weighted by atomic mass is 16.5. The molecule has 0 spiro atoms. The van der Waals surface area contributed by atoms with Crippen LogP contribution in [0.15, 0.2) is 60.4 Å². The molecule has 0 saturated heterocycles. The second-order valence-corrected chi connectivity index (χ2v) is 6.29. The van der Waals surface area contributed by atoms with Crippen LogP contribution in [0.25, 0.3) is 6.08 Å². The van der Waals surface area contributed by atoms with E-state index in [2.05, 4.69) is 0 Å². The van der Waals surface area contributed by atoms with Gasteiger partial charge in [0.2, 0.25) is 0 Å². The third-order valence-corrected chi connectivity index (χ3v) is 3.88. The number of allylic oxidation sites excluding steroid dienone is 1. The number of hydrogen-bond donors (Lipinski definition) is 2. The summed E-state index contributed by atoms with van der Waals surface area (Å²) in [4.78, 5) is 22.3. The molecule has 0 aliphatic carbocycles. The molecule has 0 fully saturated rings. The zero-order valence-corrected chi connectivity index (χ0v) is 15.2. The van der Waals surface area contributed by atoms with Crippen LogP contribution in [-0.4, -0.2) is 40.5 Å². The van der Waals surface area contributed by atoms with Crippen LogP contribution in [0.2, 0.25) is 0 Å². The fourth-order valence-electron chi connectivity index (χ4n) is 2.66. The van der Waals surface area contributed by atoms with Gasteiger partial charge in [0.1, 0.15) is 11.9 Å². The maximum Gasteiger partial charge on any atom is 0.336 e. The van der Waals surface area contributed by atoms with Gasteiger partial charge in [0.25, 0.3) is 0 Å². The van der Waals surface area contributed by atoms with E-state index in [-0.39, 0.29) is 12.8 Å². The van der Waals surface area contributed by atoms with Gasteiger partial charge in [-0.05, 0) is 17.7 Å². The summed E-state index contributed by atoms with van der Waals surface area (Å²) in [5.41, 5.74) is 0.953. The standard InChI is InChI=1S/C21H24O6/c1-15(22)26-20(10-9-19-11-12-21(25)27-19)14-18(24)13-17(23)8-7-16-5-3-2-4-6-16/h2-9,11-12,17-18,20,23-24H,10,13-14H2,1H3/b8-7+,19-9-/t17-,18-,20+/m1/s1. The molecule has 1 heterocycles. The Morgan fingerprint density at radius 1 is 1.19 bits per heavy atom. The Kier molecular flexibility index (Phi) is 7.98. The summed E-state index contributed by atoms with van der Waals surface area (Å²) in [6.07, 6.45) is 6.18. The van der Waals surface area contributed by atoms with Crippen molar-refractivity contribution in [3.63, 3.8) is 0 Å². The van der Waals surface area contributed by atoms with Gasteiger partial charge in [0.15, 0.2) is 0 Å². The first-order valence-electron chi connectivity index (χ1n) is 8.79. The molecule has 0 saturated carbocycles. The van der Waals surface area contributed by atoms with Crippen molar-refractivity contribution in [3.8, 4) is 0 Å². The van der Waals surface area contributed by atoms with E-state index in [1.165, 1.54) is 19.1 Å². The first-order chi connectivity index (χ1) is 12.9. The van der Waals surface area contributed by atoms with Gasteiger partial charge in [-0.25, -0.2) is 4.79 Å². The van der Waals surface area contributed by atoms with E-state index in [9.17, 15) is 19.8 Å². The maximum absolute atomic E-state index is 11.3. The number of rotatable bonds is 9. The quantitative estimate of drug-likeness (QED) is 0.647. The highest BCUT2D eigenvalue weighted by molar-refractivity contribution is 5.86. The van der Waals surface area contributed by atoms with Crippen molar-refractivity contribution < 1.29 is 29.3 Å². The van der Waals surface area contributed by atoms with Crippen molar-refractivity contribution in [3.05, 3.63) is 66.0 Å². The lowest BCUT2D eigenvalue weighted by molar-refractivity contribution is -0.147. The Morgan fingerprint density at radius 2 is 1.93 bits per heavy atom. The molecule has 144 valence electrons. The van der Waals surface area contributed by atoms with Crippen LogP contribution in [0.3, 0.4) is 0 Å². The van der Waals surface area contributed by atoms with Crippen molar-refractivity contribution in [2.45, 2.75) is 44.5 Å². The van der Waals surface area contributed by atoms with Crippen LogP contribution in [0.1, 0.15) is 31.7 Å². The van der Waals surface area contributed by atoms with E-state index >= 15 is 0 Å². The number of carbonyl (C=O) groups excluding carboxylic acids is 2. The summed E-state index contributed by atoms with van der Waals surface area (Å²) in [5.74, 6) is -0.523. The molecule has 1 aromatic carbocycles. The molecular formula is C21H24O6. The topological polar surface area (TPSA) is 93.1 Å². The van der Waals surface area contributed by atoms with Crippen molar-refractivity contribution in [1.29, 1.82) is 0 Å². The molecule has 1 aliphatic rings. The SMILES string of the molecule is CC(=O)O[C@@H](C/C=C1/C=CC(=O)O1)C[C@H](O)C[C@H](O)/C=C/c1ccccc1. The maximum atomic E-state index is 11.3. The third kappa shape index (κ3) is 8.02. The molecule has 2 N–H and O–H groups in total. The van der Waals surface area contributed by atoms with Crippen molar-refractivity contribution >= 4 is 18.0 Å². The molecule has 0 bridgehead atoms. The number of ether oxygens (including phenoxy) is 2. The van der Waals surface area contributed by atoms with Gasteiger partial charge in [-0.15, -0.1) is 0 Å². The van der Waals surface area contributed by atoms with E-state index in [1.54, 1.807) is 18.2 Å². The molecule has 1 aliphatic heterocycles. The van der Waals surface area contributed by atoms with Gasteiger partial charge >= 0.3 is 11.9 Å². The summed E-state index contributed by atoms with van der Waals surface area (Å²) in [7, 11) is 0. The molecule has 0 aromatic heterocycles. The minimum Gasteiger partial charge on any atom is -0.462 e. The third-order valence-electron chi connectivity index (χ3n) is 3.88. The van der Waals surface area contributed by atoms with Crippen LogP contribution >= 0.6 is 0 Å². The zero-order chi connectivity index (χ0) is 19.6. The van der Waals surface area contributed by atoms with Gasteiger partial charge in [0.05, 0.1) is 12.2 Å². The first-order valence-corrected chi connectivity index (χ1v) is 8.79. The largest absolute Gasteiger partial charge is 0.462 e. The molecule has 27 heavy (non-hydrogen) atoms. The minimum absolute atomic E-state index is 0.118. The van der Waals surface area contributed by atoms with Gasteiger partial charge in [-0.3, -0.25) is 4.79 Å². The zero-order valence-electron chi connectivity index (χ0n) is 15.2. The van der Waals surface area contributed by atoms with E-state index < -0.39 is 30.3 Å². The number of carbonyl (C=O) groups is 2. The van der Waals surface area contributed by atoms with Crippen molar-refractivity contribution in [2.75, 3.05) is 0 Å². The van der Waals surface area contributed by atoms with E-state index in [1.807, 2.05) is 30.3 Å². The number of aliphatic hydroxyl groups excluding tert-OH is 2. The molecule has 0 radical (unpaired) electrons. The molecule has 6 nitrogen and oxygen atoms in total. The normalized spacial score (nSPS) is 18.5. The van der Waals surface area contributed by atoms with Crippen molar-refractivity contribution in [1.82, 2.24) is 0 Å². The summed E-state index contributed by atoms with van der Waals surface area (Å²) < 4.78 is 10.1. The number of hydrogen-bond acceptors (Lipinski definition) is 6. The van der Waals surface area contributed by atoms with Crippen LogP contribution < -0.4 is 0 Å². The highest BCUT2D eigenvalue weighted by Gasteiger charge is 2.19. The van der Waals surface area contributed by atoms with Gasteiger partial charge in [-0.1, -0.05) is 42.5 Å². The van der Waals surface area contributed by atoms with E-state index in [0.29, 0.717) is 12.2 Å². The molecule has 0 amide bonds. The van der Waals surface area contributed by atoms with Gasteiger partial charge < -0.3 is 19.7 Å². The number of aliphatic hydroxyl groups is 2. The lowest BCUT2D eigenvalue weighted by Gasteiger charge is -2.20. The summed E-state index contributed by atoms with van der Waals surface area (Å²) in [6.45, 7) is 1.29. The highest BCUT2D eigenvalue weighted by Crippen LogP contribution is 2.17. The Labute approximate surface area is 158 Å². The summed E-state index contributed by atoms with van der Waals surface area (Å²) >= 11 is 0.